The molecule has 145 heavy (non-hydrogen) atoms. The average molecular weight is 2100 g/mol. The van der Waals surface area contributed by atoms with E-state index in [1.165, 1.54) is 92.5 Å². The van der Waals surface area contributed by atoms with Crippen molar-refractivity contribution in [3.63, 3.8) is 0 Å². The second-order valence-corrected chi connectivity index (χ2v) is 36.9. The summed E-state index contributed by atoms with van der Waals surface area (Å²) in [4.78, 5) is 178. The maximum atomic E-state index is 12.9. The summed E-state index contributed by atoms with van der Waals surface area (Å²) in [5.74, 6) is -1.18. The van der Waals surface area contributed by atoms with Crippen LogP contribution in [0.4, 0.5) is 72.9 Å². The zero-order valence-corrected chi connectivity index (χ0v) is 82.6. The van der Waals surface area contributed by atoms with Crippen molar-refractivity contribution in [2.45, 2.75) is 197 Å². The molecule has 10 aliphatic heterocycles. The highest BCUT2D eigenvalue weighted by atomic mass is 35.5. The molecular weight excluding hydrogens is 1990 g/mol. The summed E-state index contributed by atoms with van der Waals surface area (Å²) < 4.78 is 149. The second kappa shape index (κ2) is 49.2. The molecule has 0 saturated carbocycles. The number of carbonyl (C=O) groups is 10. The Morgan fingerprint density at radius 3 is 0.972 bits per heavy atom. The van der Waals surface area contributed by atoms with Crippen molar-refractivity contribution in [2.24, 2.45) is 0 Å². The van der Waals surface area contributed by atoms with E-state index in [1.807, 2.05) is 56.2 Å². The maximum absolute atomic E-state index is 12.9. The van der Waals surface area contributed by atoms with Gasteiger partial charge < -0.3 is 90.7 Å². The Morgan fingerprint density at radius 1 is 0.393 bits per heavy atom. The van der Waals surface area contributed by atoms with Crippen molar-refractivity contribution in [1.29, 1.82) is 0 Å². The number of nitrogens with one attached hydrogen (secondary N) is 3. The molecule has 0 spiro atoms. The van der Waals surface area contributed by atoms with Crippen LogP contribution in [0.25, 0.3) is 0 Å². The first-order chi connectivity index (χ1) is 68.2. The lowest BCUT2D eigenvalue weighted by atomic mass is 10.1. The van der Waals surface area contributed by atoms with E-state index in [9.17, 15) is 87.5 Å². The molecule has 5 amide bonds. The van der Waals surface area contributed by atoms with E-state index in [-0.39, 0.29) is 107 Å². The molecule has 10 fully saturated rings. The third-order valence-electron chi connectivity index (χ3n) is 23.7. The van der Waals surface area contributed by atoms with Crippen LogP contribution >= 0.6 is 23.6 Å². The Kier molecular flexibility index (Phi) is 38.0. The third kappa shape index (κ3) is 29.6. The molecule has 4 N–H and O–H groups in total. The number of fused-ring (bicyclic) bond motifs is 10. The van der Waals surface area contributed by atoms with Crippen LogP contribution in [0.3, 0.4) is 0 Å². The van der Waals surface area contributed by atoms with Crippen molar-refractivity contribution in [3.05, 3.63) is 196 Å². The summed E-state index contributed by atoms with van der Waals surface area (Å²) in [6, 6.07) is 14.7. The summed E-state index contributed by atoms with van der Waals surface area (Å²) >= 11 is 5.88. The Bertz CT molecular complexity index is 5820. The first-order valence-corrected chi connectivity index (χ1v) is 46.8. The molecule has 10 aliphatic rings. The lowest BCUT2D eigenvalue weighted by Crippen LogP contribution is -3.00. The normalized spacial score (nSPS) is 20.5. The molecule has 10 saturated heterocycles. The van der Waals surface area contributed by atoms with Gasteiger partial charge in [0, 0.05) is 168 Å². The molecule has 18 rings (SSSR count). The number of hydroxylamine groups is 1. The highest BCUT2D eigenvalue weighted by molar-refractivity contribution is 7.94. The van der Waals surface area contributed by atoms with Gasteiger partial charge in [-0.3, -0.25) is 24.4 Å². The minimum Gasteiger partial charge on any atom is -1.00 e. The van der Waals surface area contributed by atoms with Crippen LogP contribution in [0, 0.1) is 0 Å². The van der Waals surface area contributed by atoms with Gasteiger partial charge in [-0.05, 0) is 161 Å². The van der Waals surface area contributed by atoms with Crippen molar-refractivity contribution in [3.8, 4) is 0 Å². The third-order valence-corrected chi connectivity index (χ3v) is 24.5. The summed E-state index contributed by atoms with van der Waals surface area (Å²) in [6.45, 7) is 26.1. The van der Waals surface area contributed by atoms with Gasteiger partial charge in [-0.15, -0.1) is 0 Å². The topological polar surface area (TPSA) is 456 Å². The van der Waals surface area contributed by atoms with E-state index in [2.05, 4.69) is 79.5 Å². The lowest BCUT2D eigenvalue weighted by Gasteiger charge is -2.35. The van der Waals surface area contributed by atoms with E-state index in [0.717, 1.165) is 99.9 Å². The number of benzene rings is 3. The first-order valence-electron chi connectivity index (χ1n) is 45.7. The molecule has 40 nitrogen and oxygen atoms in total. The average Bonchev–Trinajstić information content (AvgIpc) is 1.61. The standard InChI is InChI=1S/C20H19F3N4O3.C18H16F3N5O3.C17H24N4O4.C12H16N4O2.C10H18N2O2.C8H4ClF3O.C8H10N2O4S.ClH/c1-2-30-18(29)13-8-24-19(25-9-13)27-11-15-7-16(27)10-26(15)17(28)12-4-3-5-14(6-12)20(21,22)23;19-18(20,21)12-3-1-2-10(4-12)16(28)25-8-14-5-13(25)9-26(14)17-22-6-11(7-23-17)15(27)24-29;1-5-24-14(22)11-7-18-15(19-8-11)20-9-13-6-12(20)10-21(13)16(23)25-17(2,3)4;1-2-18-11(17)8-4-14-12(15-5-8)16-7-9-3-10(16)6-13-9;1-10(2,3)14-9(13)12-6-7-4-8(12)5-11-7;9-7(13)5-2-1-3-6(4-5)8(10,11)12;1-3-13-7(11)6-4-9-8(10-5-6)15-14-12-2;/h3-6,8-9,15-16H,2,7,10-11H2,1H3;1-4,6-7,13-14,29H,5,8-9H2,(H,24,27);7-8,12-13H,5-6,9-10H2,1-4H3;4-5,9-10,13H,2-3,6-7H2,1H3;7-8,11H,4-6H2,1-3H3;1-4H;4-5H,3H2,1-2H3;1H/p-1/t15-,16-;13-,14-;12-,13-;9-,10-;7-,8-;;;/m00000.../s1. The first kappa shape index (κ1) is 112. The van der Waals surface area contributed by atoms with Gasteiger partial charge >= 0.3 is 54.6 Å². The number of esters is 4. The number of rotatable bonds is 19. The SMILES string of the molecule is CC(C)(C)OC(=O)N1C[C@@H]2C[C@H]1CN2.CCOC(=O)c1cnc(N2C[C@@H]3C[C@H]2CN3)nc1.CCOC(=O)c1cnc(N2C[C@@H]3C[C@H]2CN3C(=O)OC(C)(C)C)nc1.CCOC(=O)c1cnc(N2C[C@@H]3C[C@H]2CN3C(=O)c2cccc(C(F)(F)F)c2)nc1.CCOC(=O)c1cnc(SOOC)nc1.O=C(Cl)c1cccc(C(F)(F)F)c1.O=C(NO)c1cnc(N2C[C@@H]3C[C@H]2CN3C(=O)c2cccc(C(F)(F)F)c2)nc1.[Cl-]. The molecule has 52 heteroatoms. The van der Waals surface area contributed by atoms with E-state index < -0.39 is 81.7 Å². The monoisotopic (exact) mass is 2090 g/mol. The number of hydrogen-bond donors (Lipinski definition) is 4. The molecule has 10 atom stereocenters. The van der Waals surface area contributed by atoms with Crippen molar-refractivity contribution < 1.29 is 143 Å². The molecule has 5 aromatic heterocycles. The molecule has 0 radical (unpaired) electrons. The van der Waals surface area contributed by atoms with Crippen LogP contribution in [0.1, 0.15) is 201 Å². The number of anilines is 4. The van der Waals surface area contributed by atoms with Crippen LogP contribution in [-0.4, -0.2) is 304 Å². The van der Waals surface area contributed by atoms with Gasteiger partial charge in [-0.25, -0.2) is 89.0 Å². The number of hydrogen-bond acceptors (Lipinski definition) is 36. The van der Waals surface area contributed by atoms with Gasteiger partial charge in [0.15, 0.2) is 0 Å². The highest BCUT2D eigenvalue weighted by Crippen LogP contribution is 2.41. The number of carbonyl (C=O) groups excluding carboxylic acids is 10. The number of likely N-dealkylation sites (tertiary alicyclic amines) is 4. The predicted molar refractivity (Wildman–Crippen MR) is 496 cm³/mol. The molecule has 782 valence electrons. The van der Waals surface area contributed by atoms with Crippen LogP contribution in [0.5, 0.6) is 0 Å². The fourth-order valence-corrected chi connectivity index (χ4v) is 17.7. The second-order valence-electron chi connectivity index (χ2n) is 35.9. The Balaban J connectivity index is 0.000000165. The van der Waals surface area contributed by atoms with Gasteiger partial charge in [0.25, 0.3) is 23.0 Å². The molecule has 8 aromatic rings. The summed E-state index contributed by atoms with van der Waals surface area (Å²) in [7, 11) is 1.37. The highest BCUT2D eigenvalue weighted by Gasteiger charge is 2.51. The van der Waals surface area contributed by atoms with Gasteiger partial charge in [0.05, 0.1) is 114 Å². The van der Waals surface area contributed by atoms with E-state index in [4.69, 9.17) is 45.2 Å². The van der Waals surface area contributed by atoms with Crippen LogP contribution in [0.15, 0.2) is 140 Å². The largest absolute Gasteiger partial charge is 1.00 e. The number of amides is 5. The minimum absolute atomic E-state index is 0. The fourth-order valence-electron chi connectivity index (χ4n) is 17.3. The van der Waals surface area contributed by atoms with Crippen molar-refractivity contribution in [2.75, 3.05) is 119 Å². The van der Waals surface area contributed by atoms with Crippen molar-refractivity contribution >= 4 is 106 Å². The number of ether oxygens (including phenoxy) is 6. The minimum atomic E-state index is -4.51. The molecular formula is C93H107Cl2F9N21O19S-. The summed E-state index contributed by atoms with van der Waals surface area (Å²) in [6.07, 6.45) is 4.75. The molecule has 3 aromatic carbocycles. The number of piperazine rings is 5. The van der Waals surface area contributed by atoms with Gasteiger partial charge in [-0.1, -0.05) is 24.3 Å². The number of halogens is 11. The van der Waals surface area contributed by atoms with Crippen LogP contribution in [-0.2, 0) is 56.2 Å². The zero-order chi connectivity index (χ0) is 104. The molecule has 0 aliphatic carbocycles. The van der Waals surface area contributed by atoms with E-state index in [0.29, 0.717) is 142 Å². The van der Waals surface area contributed by atoms with E-state index >= 15 is 0 Å². The predicted octanol–water partition coefficient (Wildman–Crippen LogP) is 8.84. The van der Waals surface area contributed by atoms with Crippen LogP contribution < -0.4 is 48.1 Å². The molecule has 15 heterocycles. The van der Waals surface area contributed by atoms with Gasteiger partial charge in [0.2, 0.25) is 28.9 Å². The molecule has 10 bridgehead atoms. The smallest absolute Gasteiger partial charge is 0.416 e. The molecule has 0 unspecified atom stereocenters. The number of alkyl halides is 9. The Hall–Kier alpha value is -13.1. The maximum Gasteiger partial charge on any atom is 0.416 e. The van der Waals surface area contributed by atoms with Gasteiger partial charge in [-0.2, -0.15) is 43.8 Å². The van der Waals surface area contributed by atoms with E-state index in [1.54, 1.807) is 54.8 Å². The summed E-state index contributed by atoms with van der Waals surface area (Å²) in [5.41, 5.74) is -0.665. The number of aromatic nitrogens is 10. The summed E-state index contributed by atoms with van der Waals surface area (Å²) in [5, 5.41) is 14.9. The van der Waals surface area contributed by atoms with Crippen LogP contribution in [0.2, 0.25) is 0 Å². The Labute approximate surface area is 841 Å². The zero-order valence-electron chi connectivity index (χ0n) is 80.3. The Morgan fingerprint density at radius 2 is 0.697 bits per heavy atom. The quantitative estimate of drug-likeness (QED) is 0.00675. The fraction of sp³-hybridized carbons (Fsp3) is 0.484. The van der Waals surface area contributed by atoms with Crippen molar-refractivity contribution in [1.82, 2.24) is 85.6 Å². The van der Waals surface area contributed by atoms with Gasteiger partial charge in [0.1, 0.15) is 23.2 Å². The lowest BCUT2D eigenvalue weighted by molar-refractivity contribution is -0.160. The number of nitrogens with zero attached hydrogens (tertiary/aromatic N) is 18.